The van der Waals surface area contributed by atoms with E-state index in [2.05, 4.69) is 5.32 Å². The number of hydrogen-bond donors (Lipinski definition) is 1. The van der Waals surface area contributed by atoms with Gasteiger partial charge in [-0.3, -0.25) is 4.79 Å². The quantitative estimate of drug-likeness (QED) is 0.763. The van der Waals surface area contributed by atoms with Crippen LogP contribution in [0.5, 0.6) is 0 Å². The Balaban J connectivity index is 2.32. The summed E-state index contributed by atoms with van der Waals surface area (Å²) in [5, 5.41) is 2.21. The van der Waals surface area contributed by atoms with Gasteiger partial charge in [0.15, 0.2) is 0 Å². The summed E-state index contributed by atoms with van der Waals surface area (Å²) in [5.41, 5.74) is -3.26. The van der Waals surface area contributed by atoms with Crippen molar-refractivity contribution in [3.63, 3.8) is 0 Å². The highest BCUT2D eigenvalue weighted by atomic mass is 19.4. The number of halogens is 6. The van der Waals surface area contributed by atoms with Gasteiger partial charge in [-0.25, -0.2) is 13.2 Å². The maximum atomic E-state index is 13.3. The van der Waals surface area contributed by atoms with Gasteiger partial charge in [-0.05, 0) is 49.7 Å². The Morgan fingerprint density at radius 1 is 0.920 bits per heavy atom. The number of nitrogens with one attached hydrogen (secondary N) is 1. The molecule has 25 heavy (non-hydrogen) atoms. The van der Waals surface area contributed by atoms with Crippen molar-refractivity contribution in [3.8, 4) is 0 Å². The molecule has 2 aromatic carbocycles. The molecule has 0 aliphatic carbocycles. The SMILES string of the molecule is CC(C)(C(=O)Nc1ccc(F)c(C(F)(F)F)c1)c1cc(F)cc(F)c1. The Bertz CT molecular complexity index is 793. The Hall–Kier alpha value is -2.51. The molecule has 0 unspecified atom stereocenters. The number of hydrogen-bond acceptors (Lipinski definition) is 1. The van der Waals surface area contributed by atoms with Crippen LogP contribution >= 0.6 is 0 Å². The van der Waals surface area contributed by atoms with E-state index in [1.54, 1.807) is 0 Å². The first kappa shape index (κ1) is 18.8. The molecule has 2 rings (SSSR count). The fraction of sp³-hybridized carbons (Fsp3) is 0.235. The van der Waals surface area contributed by atoms with E-state index >= 15 is 0 Å². The van der Waals surface area contributed by atoms with Crippen LogP contribution in [0.1, 0.15) is 25.0 Å². The number of rotatable bonds is 3. The third-order valence-electron chi connectivity index (χ3n) is 3.68. The molecular weight excluding hydrogens is 348 g/mol. The van der Waals surface area contributed by atoms with Crippen molar-refractivity contribution < 1.29 is 31.1 Å². The molecule has 0 spiro atoms. The third-order valence-corrected chi connectivity index (χ3v) is 3.68. The second kappa shape index (κ2) is 6.42. The first-order chi connectivity index (χ1) is 11.4. The number of anilines is 1. The summed E-state index contributed by atoms with van der Waals surface area (Å²) in [6, 6.07) is 4.53. The van der Waals surface area contributed by atoms with E-state index in [1.165, 1.54) is 13.8 Å². The molecule has 1 amide bonds. The Labute approximate surface area is 139 Å². The highest BCUT2D eigenvalue weighted by Gasteiger charge is 2.35. The van der Waals surface area contributed by atoms with Crippen molar-refractivity contribution in [2.45, 2.75) is 25.4 Å². The largest absolute Gasteiger partial charge is 0.419 e. The van der Waals surface area contributed by atoms with Crippen molar-refractivity contribution in [1.82, 2.24) is 0 Å². The average molecular weight is 361 g/mol. The summed E-state index contributed by atoms with van der Waals surface area (Å²) in [7, 11) is 0. The minimum Gasteiger partial charge on any atom is -0.325 e. The molecule has 0 bridgehead atoms. The molecule has 0 aliphatic rings. The molecule has 0 saturated heterocycles. The summed E-state index contributed by atoms with van der Waals surface area (Å²) in [6.45, 7) is 2.70. The summed E-state index contributed by atoms with van der Waals surface area (Å²) >= 11 is 0. The summed E-state index contributed by atoms with van der Waals surface area (Å²) in [5.74, 6) is -4.07. The molecule has 2 aromatic rings. The number of carbonyl (C=O) groups excluding carboxylic acids is 1. The minimum absolute atomic E-state index is 0.000608. The maximum Gasteiger partial charge on any atom is 0.419 e. The maximum absolute atomic E-state index is 13.3. The summed E-state index contributed by atoms with van der Waals surface area (Å²) < 4.78 is 78.1. The Morgan fingerprint density at radius 3 is 2.00 bits per heavy atom. The fourth-order valence-corrected chi connectivity index (χ4v) is 2.15. The van der Waals surface area contributed by atoms with Gasteiger partial charge < -0.3 is 5.32 Å². The van der Waals surface area contributed by atoms with Crippen LogP contribution in [0.4, 0.5) is 32.0 Å². The van der Waals surface area contributed by atoms with Crippen LogP contribution in [-0.4, -0.2) is 5.91 Å². The second-order valence-electron chi connectivity index (χ2n) is 5.93. The lowest BCUT2D eigenvalue weighted by atomic mass is 9.83. The topological polar surface area (TPSA) is 29.1 Å². The van der Waals surface area contributed by atoms with Gasteiger partial charge in [0.2, 0.25) is 5.91 Å². The van der Waals surface area contributed by atoms with Gasteiger partial charge >= 0.3 is 6.18 Å². The van der Waals surface area contributed by atoms with Crippen LogP contribution in [-0.2, 0) is 16.4 Å². The van der Waals surface area contributed by atoms with Gasteiger partial charge in [0.05, 0.1) is 11.0 Å². The molecule has 0 fully saturated rings. The normalized spacial score (nSPS) is 12.2. The van der Waals surface area contributed by atoms with E-state index in [9.17, 15) is 31.1 Å². The number of carbonyl (C=O) groups is 1. The Morgan fingerprint density at radius 2 is 1.48 bits per heavy atom. The van der Waals surface area contributed by atoms with Crippen LogP contribution < -0.4 is 5.32 Å². The number of alkyl halides is 3. The summed E-state index contributed by atoms with van der Waals surface area (Å²) in [4.78, 5) is 12.4. The van der Waals surface area contributed by atoms with Crippen molar-refractivity contribution in [2.24, 2.45) is 0 Å². The highest BCUT2D eigenvalue weighted by molar-refractivity contribution is 5.98. The van der Waals surface area contributed by atoms with Crippen molar-refractivity contribution in [1.29, 1.82) is 0 Å². The fourth-order valence-electron chi connectivity index (χ4n) is 2.15. The van der Waals surface area contributed by atoms with E-state index in [1.807, 2.05) is 0 Å². The van der Waals surface area contributed by atoms with E-state index in [4.69, 9.17) is 0 Å². The van der Waals surface area contributed by atoms with Crippen LogP contribution in [0.15, 0.2) is 36.4 Å². The smallest absolute Gasteiger partial charge is 0.325 e. The predicted molar refractivity (Wildman–Crippen MR) is 79.4 cm³/mol. The molecule has 0 heterocycles. The van der Waals surface area contributed by atoms with Crippen LogP contribution in [0.25, 0.3) is 0 Å². The van der Waals surface area contributed by atoms with E-state index in [-0.39, 0.29) is 11.3 Å². The number of amides is 1. The molecule has 0 aliphatic heterocycles. The zero-order valence-corrected chi connectivity index (χ0v) is 13.1. The van der Waals surface area contributed by atoms with Gasteiger partial charge in [-0.2, -0.15) is 13.2 Å². The first-order valence-corrected chi connectivity index (χ1v) is 7.06. The second-order valence-corrected chi connectivity index (χ2v) is 5.93. The van der Waals surface area contributed by atoms with Gasteiger partial charge in [0, 0.05) is 11.8 Å². The standard InChI is InChI=1S/C17H13F6NO/c1-16(2,9-5-10(18)7-11(19)6-9)15(25)24-12-3-4-14(20)13(8-12)17(21,22)23/h3-8H,1-2H3,(H,24,25). The number of benzene rings is 2. The molecular formula is C17H13F6NO. The van der Waals surface area contributed by atoms with Crippen molar-refractivity contribution >= 4 is 11.6 Å². The zero-order chi connectivity index (χ0) is 19.0. The predicted octanol–water partition coefficient (Wildman–Crippen LogP) is 5.04. The molecule has 134 valence electrons. The zero-order valence-electron chi connectivity index (χ0n) is 13.1. The first-order valence-electron chi connectivity index (χ1n) is 7.06. The van der Waals surface area contributed by atoms with Gasteiger partial charge in [0.25, 0.3) is 0 Å². The minimum atomic E-state index is -4.92. The van der Waals surface area contributed by atoms with Gasteiger partial charge in [-0.1, -0.05) is 0 Å². The molecule has 0 atom stereocenters. The van der Waals surface area contributed by atoms with Crippen LogP contribution in [0, 0.1) is 17.5 Å². The van der Waals surface area contributed by atoms with E-state index < -0.39 is 40.5 Å². The summed E-state index contributed by atoms with van der Waals surface area (Å²) in [6.07, 6.45) is -4.92. The molecule has 2 nitrogen and oxygen atoms in total. The van der Waals surface area contributed by atoms with Gasteiger partial charge in [-0.15, -0.1) is 0 Å². The molecule has 1 N–H and O–H groups in total. The van der Waals surface area contributed by atoms with Gasteiger partial charge in [0.1, 0.15) is 17.5 Å². The van der Waals surface area contributed by atoms with Crippen molar-refractivity contribution in [2.75, 3.05) is 5.32 Å². The molecule has 0 radical (unpaired) electrons. The monoisotopic (exact) mass is 361 g/mol. The average Bonchev–Trinajstić information content (AvgIpc) is 2.47. The molecule has 0 saturated carbocycles. The van der Waals surface area contributed by atoms with E-state index in [0.717, 1.165) is 18.2 Å². The van der Waals surface area contributed by atoms with Crippen LogP contribution in [0.3, 0.4) is 0 Å². The Kier molecular flexibility index (Phi) is 4.83. The lowest BCUT2D eigenvalue weighted by Crippen LogP contribution is -2.35. The highest BCUT2D eigenvalue weighted by Crippen LogP contribution is 2.33. The van der Waals surface area contributed by atoms with E-state index in [0.29, 0.717) is 18.2 Å². The van der Waals surface area contributed by atoms with Crippen LogP contribution in [0.2, 0.25) is 0 Å². The molecule has 8 heteroatoms. The lowest BCUT2D eigenvalue weighted by Gasteiger charge is -2.24. The van der Waals surface area contributed by atoms with Crippen molar-refractivity contribution in [3.05, 3.63) is 65.0 Å². The lowest BCUT2D eigenvalue weighted by molar-refractivity contribution is -0.140. The third kappa shape index (κ3) is 4.12. The molecule has 0 aromatic heterocycles.